The van der Waals surface area contributed by atoms with Gasteiger partial charge in [-0.2, -0.15) is 0 Å². The van der Waals surface area contributed by atoms with Crippen molar-refractivity contribution in [3.63, 3.8) is 0 Å². The molecule has 0 spiro atoms. The third-order valence-electron chi connectivity index (χ3n) is 3.91. The number of ether oxygens (including phenoxy) is 2. The molecule has 0 amide bonds. The van der Waals surface area contributed by atoms with Crippen LogP contribution in [0.25, 0.3) is 0 Å². The third kappa shape index (κ3) is 3.10. The first-order valence-corrected chi connectivity index (χ1v) is 7.44. The Hall–Kier alpha value is -2.37. The Morgan fingerprint density at radius 1 is 1.32 bits per heavy atom. The number of benzene rings is 1. The summed E-state index contributed by atoms with van der Waals surface area (Å²) in [5.41, 5.74) is 0. The van der Waals surface area contributed by atoms with Gasteiger partial charge < -0.3 is 14.0 Å². The maximum atomic E-state index is 11.6. The maximum absolute atomic E-state index is 11.6. The van der Waals surface area contributed by atoms with Gasteiger partial charge >= 0.3 is 5.97 Å². The van der Waals surface area contributed by atoms with Crippen molar-refractivity contribution in [1.29, 1.82) is 0 Å². The molecule has 0 N–H and O–H groups in total. The van der Waals surface area contributed by atoms with Crippen LogP contribution in [0.15, 0.2) is 30.3 Å². The first-order chi connectivity index (χ1) is 10.8. The van der Waals surface area contributed by atoms with Crippen LogP contribution >= 0.6 is 0 Å². The highest BCUT2D eigenvalue weighted by Crippen LogP contribution is 2.21. The molecule has 2 heterocycles. The molecule has 3 rings (SSSR count). The fraction of sp³-hybridized carbons (Fsp3) is 0.438. The van der Waals surface area contributed by atoms with Crippen molar-refractivity contribution in [2.24, 2.45) is 5.92 Å². The van der Waals surface area contributed by atoms with Gasteiger partial charge in [0.25, 0.3) is 0 Å². The first kappa shape index (κ1) is 14.6. The van der Waals surface area contributed by atoms with Crippen LogP contribution in [0.3, 0.4) is 0 Å². The van der Waals surface area contributed by atoms with Gasteiger partial charge in [-0.15, -0.1) is 10.2 Å². The predicted octanol–water partition coefficient (Wildman–Crippen LogP) is 1.63. The van der Waals surface area contributed by atoms with Gasteiger partial charge in [0.1, 0.15) is 17.4 Å². The number of esters is 1. The Balaban J connectivity index is 1.58. The molecule has 22 heavy (non-hydrogen) atoms. The summed E-state index contributed by atoms with van der Waals surface area (Å²) in [7, 11) is 1.42. The van der Waals surface area contributed by atoms with Crippen LogP contribution in [0.5, 0.6) is 5.75 Å². The zero-order valence-electron chi connectivity index (χ0n) is 12.6. The summed E-state index contributed by atoms with van der Waals surface area (Å²) >= 11 is 0. The highest BCUT2D eigenvalue weighted by atomic mass is 16.5. The van der Waals surface area contributed by atoms with E-state index in [1.807, 2.05) is 30.3 Å². The number of fused-ring (bicyclic) bond motifs is 1. The Morgan fingerprint density at radius 3 is 2.91 bits per heavy atom. The fourth-order valence-electron chi connectivity index (χ4n) is 2.72. The minimum Gasteiger partial charge on any atom is -0.493 e. The molecule has 0 bridgehead atoms. The highest BCUT2D eigenvalue weighted by Gasteiger charge is 2.28. The number of rotatable bonds is 5. The molecule has 1 aromatic heterocycles. The van der Waals surface area contributed by atoms with E-state index in [1.54, 1.807) is 0 Å². The zero-order chi connectivity index (χ0) is 15.4. The van der Waals surface area contributed by atoms with Crippen LogP contribution < -0.4 is 4.74 Å². The van der Waals surface area contributed by atoms with Crippen molar-refractivity contribution in [1.82, 2.24) is 14.8 Å². The molecule has 0 aliphatic carbocycles. The number of hydrogen-bond donors (Lipinski definition) is 0. The highest BCUT2D eigenvalue weighted by molar-refractivity contribution is 5.72. The molecule has 0 radical (unpaired) electrons. The fourth-order valence-corrected chi connectivity index (χ4v) is 2.72. The Morgan fingerprint density at radius 2 is 2.14 bits per heavy atom. The SMILES string of the molecule is COC(=O)[C@H]1CCn2c(CCOc3ccccc3)nnc2C1. The summed E-state index contributed by atoms with van der Waals surface area (Å²) in [4.78, 5) is 11.6. The van der Waals surface area contributed by atoms with Gasteiger partial charge in [0.15, 0.2) is 0 Å². The van der Waals surface area contributed by atoms with E-state index in [-0.39, 0.29) is 11.9 Å². The van der Waals surface area contributed by atoms with Crippen molar-refractivity contribution in [2.45, 2.75) is 25.8 Å². The summed E-state index contributed by atoms with van der Waals surface area (Å²) < 4.78 is 12.6. The Labute approximate surface area is 129 Å². The first-order valence-electron chi connectivity index (χ1n) is 7.44. The molecule has 1 atom stereocenters. The minimum atomic E-state index is -0.164. The van der Waals surface area contributed by atoms with Gasteiger partial charge in [-0.25, -0.2) is 0 Å². The van der Waals surface area contributed by atoms with Crippen LogP contribution in [0.1, 0.15) is 18.1 Å². The molecule has 1 aromatic carbocycles. The van der Waals surface area contributed by atoms with Crippen molar-refractivity contribution in [3.8, 4) is 5.75 Å². The van der Waals surface area contributed by atoms with Crippen molar-refractivity contribution in [3.05, 3.63) is 42.0 Å². The molecule has 6 heteroatoms. The van der Waals surface area contributed by atoms with Crippen LogP contribution in [-0.4, -0.2) is 34.5 Å². The van der Waals surface area contributed by atoms with Crippen LogP contribution in [-0.2, 0) is 28.9 Å². The van der Waals surface area contributed by atoms with E-state index in [9.17, 15) is 4.79 Å². The molecule has 116 valence electrons. The summed E-state index contributed by atoms with van der Waals surface area (Å²) in [6.07, 6.45) is 2.06. The molecule has 0 unspecified atom stereocenters. The van der Waals surface area contributed by atoms with Gasteiger partial charge in [0, 0.05) is 19.4 Å². The maximum Gasteiger partial charge on any atom is 0.309 e. The van der Waals surface area contributed by atoms with Gasteiger partial charge in [-0.1, -0.05) is 18.2 Å². The molecule has 6 nitrogen and oxygen atoms in total. The number of carbonyl (C=O) groups excluding carboxylic acids is 1. The second kappa shape index (κ2) is 6.60. The van der Waals surface area contributed by atoms with Gasteiger partial charge in [0.05, 0.1) is 19.6 Å². The lowest BCUT2D eigenvalue weighted by atomic mass is 9.98. The van der Waals surface area contributed by atoms with Crippen LogP contribution in [0.4, 0.5) is 0 Å². The van der Waals surface area contributed by atoms with E-state index >= 15 is 0 Å². The number of methoxy groups -OCH3 is 1. The normalized spacial score (nSPS) is 16.9. The van der Waals surface area contributed by atoms with Crippen LogP contribution in [0, 0.1) is 5.92 Å². The summed E-state index contributed by atoms with van der Waals surface area (Å²) in [6.45, 7) is 1.31. The van der Waals surface area contributed by atoms with E-state index < -0.39 is 0 Å². The van der Waals surface area contributed by atoms with E-state index in [4.69, 9.17) is 9.47 Å². The summed E-state index contributed by atoms with van der Waals surface area (Å²) in [6, 6.07) is 9.71. The number of para-hydroxylation sites is 1. The molecule has 2 aromatic rings. The lowest BCUT2D eigenvalue weighted by Gasteiger charge is -2.21. The van der Waals surface area contributed by atoms with E-state index in [1.165, 1.54) is 7.11 Å². The Kier molecular flexibility index (Phi) is 4.37. The van der Waals surface area contributed by atoms with E-state index in [2.05, 4.69) is 14.8 Å². The van der Waals surface area contributed by atoms with Gasteiger partial charge in [-0.3, -0.25) is 4.79 Å². The van der Waals surface area contributed by atoms with Crippen LogP contribution in [0.2, 0.25) is 0 Å². The molecule has 1 aliphatic heterocycles. The van der Waals surface area contributed by atoms with Gasteiger partial charge in [0.2, 0.25) is 0 Å². The molecule has 1 aliphatic rings. The largest absolute Gasteiger partial charge is 0.493 e. The predicted molar refractivity (Wildman–Crippen MR) is 79.5 cm³/mol. The number of nitrogens with zero attached hydrogens (tertiary/aromatic N) is 3. The lowest BCUT2D eigenvalue weighted by Crippen LogP contribution is -2.27. The number of aromatic nitrogens is 3. The van der Waals surface area contributed by atoms with Crippen molar-refractivity contribution < 1.29 is 14.3 Å². The minimum absolute atomic E-state index is 0.102. The molecular formula is C16H19N3O3. The van der Waals surface area contributed by atoms with Gasteiger partial charge in [-0.05, 0) is 18.6 Å². The topological polar surface area (TPSA) is 66.2 Å². The number of hydrogen-bond acceptors (Lipinski definition) is 5. The monoisotopic (exact) mass is 301 g/mol. The van der Waals surface area contributed by atoms with E-state index in [0.717, 1.165) is 30.4 Å². The smallest absolute Gasteiger partial charge is 0.309 e. The number of carbonyl (C=O) groups is 1. The molecule has 0 saturated heterocycles. The molecular weight excluding hydrogens is 282 g/mol. The second-order valence-corrected chi connectivity index (χ2v) is 5.31. The van der Waals surface area contributed by atoms with E-state index in [0.29, 0.717) is 19.4 Å². The third-order valence-corrected chi connectivity index (χ3v) is 3.91. The lowest BCUT2D eigenvalue weighted by molar-refractivity contribution is -0.146. The molecule has 0 saturated carbocycles. The average Bonchev–Trinajstić information content (AvgIpc) is 2.97. The standard InChI is InChI=1S/C16H19N3O3/c1-21-16(20)12-7-9-19-14(17-18-15(19)11-12)8-10-22-13-5-3-2-4-6-13/h2-6,12H,7-11H2,1H3/t12-/m0/s1. The molecule has 0 fully saturated rings. The summed E-state index contributed by atoms with van der Waals surface area (Å²) in [5, 5.41) is 8.43. The zero-order valence-corrected chi connectivity index (χ0v) is 12.6. The van der Waals surface area contributed by atoms with Crippen molar-refractivity contribution in [2.75, 3.05) is 13.7 Å². The summed E-state index contributed by atoms with van der Waals surface area (Å²) in [5.74, 6) is 2.36. The average molecular weight is 301 g/mol. The second-order valence-electron chi connectivity index (χ2n) is 5.31. The quantitative estimate of drug-likeness (QED) is 0.785. The van der Waals surface area contributed by atoms with Crippen molar-refractivity contribution >= 4 is 5.97 Å². The Bertz CT molecular complexity index is 639.